The molecule has 7 heteroatoms. The van der Waals surface area contributed by atoms with Crippen molar-refractivity contribution in [3.8, 4) is 5.75 Å². The minimum Gasteiger partial charge on any atom is -0.484 e. The number of ketones is 1. The molecule has 0 aliphatic rings. The van der Waals surface area contributed by atoms with Gasteiger partial charge in [0.2, 0.25) is 11.7 Å². The van der Waals surface area contributed by atoms with E-state index >= 15 is 0 Å². The molecule has 1 N–H and O–H groups in total. The average molecular weight is 358 g/mol. The summed E-state index contributed by atoms with van der Waals surface area (Å²) in [5.41, 5.74) is 0. The van der Waals surface area contributed by atoms with Crippen LogP contribution in [0.4, 0.5) is 0 Å². The number of benzene rings is 1. The zero-order valence-electron chi connectivity index (χ0n) is 11.7. The number of carbonyl (C=O) groups is 2. The Balaban J connectivity index is 1.93. The number of thiophene rings is 1. The maximum Gasteiger partial charge on any atom is 0.217 e. The van der Waals surface area contributed by atoms with Crippen LogP contribution in [0.15, 0.2) is 30.3 Å². The molecule has 0 bridgehead atoms. The van der Waals surface area contributed by atoms with E-state index < -0.39 is 0 Å². The third kappa shape index (κ3) is 4.73. The minimum atomic E-state index is -0.148. The van der Waals surface area contributed by atoms with E-state index in [0.29, 0.717) is 27.2 Å². The van der Waals surface area contributed by atoms with Gasteiger partial charge in [-0.15, -0.1) is 11.3 Å². The number of carbonyl (C=O) groups excluding carboxylic acids is 2. The van der Waals surface area contributed by atoms with Crippen molar-refractivity contribution in [2.24, 2.45) is 0 Å². The Morgan fingerprint density at radius 1 is 1.23 bits per heavy atom. The molecule has 2 rings (SSSR count). The molecular weight excluding hydrogens is 345 g/mol. The maximum absolute atomic E-state index is 12.1. The van der Waals surface area contributed by atoms with Crippen molar-refractivity contribution < 1.29 is 14.3 Å². The molecule has 0 spiro atoms. The number of halogens is 2. The predicted octanol–water partition coefficient (Wildman–Crippen LogP) is 3.95. The van der Waals surface area contributed by atoms with Crippen LogP contribution >= 0.6 is 34.5 Å². The van der Waals surface area contributed by atoms with Gasteiger partial charge in [-0.1, -0.05) is 23.2 Å². The zero-order valence-corrected chi connectivity index (χ0v) is 14.0. The standard InChI is InChI=1S/C15H13Cl2NO3S/c1-9(19)18-7-11-3-5-15(22-11)13(20)8-21-14-4-2-10(16)6-12(14)17/h2-6H,7-8H2,1H3,(H,18,19). The molecule has 116 valence electrons. The molecule has 0 radical (unpaired) electrons. The highest BCUT2D eigenvalue weighted by Gasteiger charge is 2.12. The highest BCUT2D eigenvalue weighted by molar-refractivity contribution is 7.14. The molecule has 1 amide bonds. The lowest BCUT2D eigenvalue weighted by atomic mass is 10.3. The molecule has 0 atom stereocenters. The Morgan fingerprint density at radius 3 is 2.68 bits per heavy atom. The summed E-state index contributed by atoms with van der Waals surface area (Å²) in [6.45, 7) is 1.75. The van der Waals surface area contributed by atoms with Crippen LogP contribution in [0.3, 0.4) is 0 Å². The topological polar surface area (TPSA) is 55.4 Å². The summed E-state index contributed by atoms with van der Waals surface area (Å²) < 4.78 is 5.41. The SMILES string of the molecule is CC(=O)NCc1ccc(C(=O)COc2ccc(Cl)cc2Cl)s1. The Labute approximate surface area is 142 Å². The summed E-state index contributed by atoms with van der Waals surface area (Å²) in [5.74, 6) is 0.154. The molecule has 0 unspecified atom stereocenters. The predicted molar refractivity (Wildman–Crippen MR) is 88.1 cm³/mol. The fourth-order valence-corrected chi connectivity index (χ4v) is 2.98. The normalized spacial score (nSPS) is 10.3. The number of ether oxygens (including phenoxy) is 1. The van der Waals surface area contributed by atoms with E-state index in [0.717, 1.165) is 4.88 Å². The van der Waals surface area contributed by atoms with Crippen LogP contribution < -0.4 is 10.1 Å². The lowest BCUT2D eigenvalue weighted by Gasteiger charge is -2.06. The molecular formula is C15H13Cl2NO3S. The van der Waals surface area contributed by atoms with Crippen LogP contribution in [-0.4, -0.2) is 18.3 Å². The van der Waals surface area contributed by atoms with Gasteiger partial charge in [-0.2, -0.15) is 0 Å². The van der Waals surface area contributed by atoms with Crippen LogP contribution in [0.2, 0.25) is 10.0 Å². The van der Waals surface area contributed by atoms with Gasteiger partial charge >= 0.3 is 0 Å². The van der Waals surface area contributed by atoms with Crippen molar-refractivity contribution in [3.63, 3.8) is 0 Å². The van der Waals surface area contributed by atoms with Gasteiger partial charge < -0.3 is 10.1 Å². The van der Waals surface area contributed by atoms with Crippen LogP contribution in [0.1, 0.15) is 21.5 Å². The second-order valence-corrected chi connectivity index (χ2v) is 6.47. The fourth-order valence-electron chi connectivity index (χ4n) is 1.64. The second-order valence-electron chi connectivity index (χ2n) is 4.46. The van der Waals surface area contributed by atoms with E-state index in [1.807, 2.05) is 6.07 Å². The number of amides is 1. The quantitative estimate of drug-likeness (QED) is 0.796. The Bertz CT molecular complexity index is 700. The molecule has 1 heterocycles. The van der Waals surface area contributed by atoms with E-state index in [1.54, 1.807) is 24.3 Å². The highest BCUT2D eigenvalue weighted by Crippen LogP contribution is 2.27. The van der Waals surface area contributed by atoms with Gasteiger partial charge in [-0.05, 0) is 30.3 Å². The number of nitrogens with one attached hydrogen (secondary N) is 1. The molecule has 0 saturated carbocycles. The summed E-state index contributed by atoms with van der Waals surface area (Å²) in [6.07, 6.45) is 0. The van der Waals surface area contributed by atoms with Crippen LogP contribution in [0.25, 0.3) is 0 Å². The fraction of sp³-hybridized carbons (Fsp3) is 0.200. The minimum absolute atomic E-state index is 0.109. The first-order valence-electron chi connectivity index (χ1n) is 6.40. The summed E-state index contributed by atoms with van der Waals surface area (Å²) in [5, 5.41) is 3.55. The van der Waals surface area contributed by atoms with E-state index in [2.05, 4.69) is 5.32 Å². The van der Waals surface area contributed by atoms with Gasteiger partial charge in [0.1, 0.15) is 5.75 Å². The lowest BCUT2D eigenvalue weighted by Crippen LogP contribution is -2.18. The molecule has 0 aliphatic carbocycles. The molecule has 0 saturated heterocycles. The van der Waals surface area contributed by atoms with Gasteiger partial charge in [-0.3, -0.25) is 9.59 Å². The van der Waals surface area contributed by atoms with E-state index in [1.165, 1.54) is 18.3 Å². The number of hydrogen-bond acceptors (Lipinski definition) is 4. The van der Waals surface area contributed by atoms with E-state index in [4.69, 9.17) is 27.9 Å². The van der Waals surface area contributed by atoms with Crippen molar-refractivity contribution in [3.05, 3.63) is 50.1 Å². The molecule has 0 fully saturated rings. The van der Waals surface area contributed by atoms with E-state index in [9.17, 15) is 9.59 Å². The van der Waals surface area contributed by atoms with Gasteiger partial charge in [0.25, 0.3) is 0 Å². The van der Waals surface area contributed by atoms with Crippen LogP contribution in [0.5, 0.6) is 5.75 Å². The number of Topliss-reactive ketones (excluding diaryl/α,β-unsaturated/α-hetero) is 1. The van der Waals surface area contributed by atoms with Crippen molar-refractivity contribution in [2.45, 2.75) is 13.5 Å². The first kappa shape index (κ1) is 16.8. The molecule has 1 aromatic carbocycles. The molecule has 0 aliphatic heterocycles. The smallest absolute Gasteiger partial charge is 0.217 e. The third-order valence-corrected chi connectivity index (χ3v) is 4.36. The van der Waals surface area contributed by atoms with Gasteiger partial charge in [0, 0.05) is 16.8 Å². The van der Waals surface area contributed by atoms with Gasteiger partial charge in [0.05, 0.1) is 16.4 Å². The Kier molecular flexibility index (Phi) is 5.83. The lowest BCUT2D eigenvalue weighted by molar-refractivity contribution is -0.119. The van der Waals surface area contributed by atoms with Crippen molar-refractivity contribution >= 4 is 46.2 Å². The Morgan fingerprint density at radius 2 is 2.00 bits per heavy atom. The molecule has 2 aromatic rings. The van der Waals surface area contributed by atoms with Gasteiger partial charge in [0.15, 0.2) is 6.61 Å². The number of hydrogen-bond donors (Lipinski definition) is 1. The zero-order chi connectivity index (χ0) is 16.1. The first-order chi connectivity index (χ1) is 10.5. The maximum atomic E-state index is 12.1. The second kappa shape index (κ2) is 7.63. The Hall–Kier alpha value is -1.56. The van der Waals surface area contributed by atoms with E-state index in [-0.39, 0.29) is 18.3 Å². The average Bonchev–Trinajstić information content (AvgIpc) is 2.93. The number of rotatable bonds is 6. The van der Waals surface area contributed by atoms with Crippen LogP contribution in [-0.2, 0) is 11.3 Å². The van der Waals surface area contributed by atoms with Crippen molar-refractivity contribution in [1.82, 2.24) is 5.32 Å². The summed E-state index contributed by atoms with van der Waals surface area (Å²) in [7, 11) is 0. The van der Waals surface area contributed by atoms with Gasteiger partial charge in [-0.25, -0.2) is 0 Å². The van der Waals surface area contributed by atoms with Crippen molar-refractivity contribution in [2.75, 3.05) is 6.61 Å². The molecule has 22 heavy (non-hydrogen) atoms. The third-order valence-electron chi connectivity index (χ3n) is 2.70. The van der Waals surface area contributed by atoms with Crippen molar-refractivity contribution in [1.29, 1.82) is 0 Å². The summed E-state index contributed by atoms with van der Waals surface area (Å²) >= 11 is 13.1. The first-order valence-corrected chi connectivity index (χ1v) is 7.97. The largest absolute Gasteiger partial charge is 0.484 e. The summed E-state index contributed by atoms with van der Waals surface area (Å²) in [4.78, 5) is 24.4. The molecule has 1 aromatic heterocycles. The highest BCUT2D eigenvalue weighted by atomic mass is 35.5. The monoisotopic (exact) mass is 357 g/mol. The molecule has 4 nitrogen and oxygen atoms in total. The van der Waals surface area contributed by atoms with Crippen LogP contribution in [0, 0.1) is 0 Å². The summed E-state index contributed by atoms with van der Waals surface area (Å²) in [6, 6.07) is 8.35.